The van der Waals surface area contributed by atoms with Gasteiger partial charge in [0.2, 0.25) is 5.91 Å². The van der Waals surface area contributed by atoms with Gasteiger partial charge in [-0.2, -0.15) is 0 Å². The number of halogens is 1. The number of amides is 1. The van der Waals surface area contributed by atoms with Crippen molar-refractivity contribution in [2.75, 3.05) is 6.54 Å². The van der Waals surface area contributed by atoms with Gasteiger partial charge in [-0.25, -0.2) is 0 Å². The largest absolute Gasteiger partial charge is 0.356 e. The number of hydrogen-bond donors (Lipinski definition) is 1. The number of alkyl halides is 1. The Hall–Kier alpha value is -0.0500. The van der Waals surface area contributed by atoms with E-state index in [0.717, 1.165) is 30.1 Å². The molecule has 3 heteroatoms. The molecule has 0 atom stereocenters. The van der Waals surface area contributed by atoms with Gasteiger partial charge in [0.1, 0.15) is 0 Å². The average Bonchev–Trinajstić information content (AvgIpc) is 3.00. The highest BCUT2D eigenvalue weighted by molar-refractivity contribution is 9.09. The monoisotopic (exact) mass is 259 g/mol. The van der Waals surface area contributed by atoms with E-state index in [1.807, 2.05) is 0 Å². The molecular formula is C11H18BrNO. The third-order valence-electron chi connectivity index (χ3n) is 3.29. The number of carbonyl (C=O) groups is 1. The minimum Gasteiger partial charge on any atom is -0.356 e. The van der Waals surface area contributed by atoms with Gasteiger partial charge in [-0.1, -0.05) is 15.9 Å². The van der Waals surface area contributed by atoms with E-state index in [1.54, 1.807) is 0 Å². The summed E-state index contributed by atoms with van der Waals surface area (Å²) in [5.41, 5.74) is 0. The first-order valence-corrected chi connectivity index (χ1v) is 6.59. The third-order valence-corrected chi connectivity index (χ3v) is 4.21. The highest BCUT2D eigenvalue weighted by Gasteiger charge is 2.30. The minimum absolute atomic E-state index is 0.297. The van der Waals surface area contributed by atoms with E-state index in [9.17, 15) is 4.79 Å². The van der Waals surface area contributed by atoms with Gasteiger partial charge in [0.15, 0.2) is 0 Å². The Labute approximate surface area is 94.0 Å². The molecule has 2 nitrogen and oxygen atoms in total. The van der Waals surface area contributed by atoms with E-state index in [1.165, 1.54) is 25.7 Å². The van der Waals surface area contributed by atoms with Gasteiger partial charge in [0.25, 0.3) is 0 Å². The van der Waals surface area contributed by atoms with Crippen LogP contribution in [0.5, 0.6) is 0 Å². The second-order valence-corrected chi connectivity index (χ2v) is 5.93. The SMILES string of the molecule is O=C(NCC1CCC(Br)CC1)C1CC1. The van der Waals surface area contributed by atoms with E-state index < -0.39 is 0 Å². The highest BCUT2D eigenvalue weighted by atomic mass is 79.9. The first kappa shape index (κ1) is 10.5. The summed E-state index contributed by atoms with van der Waals surface area (Å²) >= 11 is 3.64. The van der Waals surface area contributed by atoms with E-state index in [4.69, 9.17) is 0 Å². The van der Waals surface area contributed by atoms with Crippen molar-refractivity contribution in [1.82, 2.24) is 5.32 Å². The summed E-state index contributed by atoms with van der Waals surface area (Å²) in [6.45, 7) is 0.912. The topological polar surface area (TPSA) is 29.1 Å². The molecule has 0 aromatic carbocycles. The zero-order valence-corrected chi connectivity index (χ0v) is 10.1. The van der Waals surface area contributed by atoms with E-state index in [-0.39, 0.29) is 0 Å². The molecule has 2 rings (SSSR count). The zero-order chi connectivity index (χ0) is 9.97. The molecule has 0 aliphatic heterocycles. The van der Waals surface area contributed by atoms with Gasteiger partial charge in [-0.3, -0.25) is 4.79 Å². The Balaban J connectivity index is 1.62. The lowest BCUT2D eigenvalue weighted by Gasteiger charge is -2.25. The van der Waals surface area contributed by atoms with Crippen LogP contribution in [0.15, 0.2) is 0 Å². The maximum atomic E-state index is 11.4. The number of nitrogens with one attached hydrogen (secondary N) is 1. The summed E-state index contributed by atoms with van der Waals surface area (Å²) in [5.74, 6) is 1.39. The van der Waals surface area contributed by atoms with Crippen molar-refractivity contribution in [2.24, 2.45) is 11.8 Å². The lowest BCUT2D eigenvalue weighted by atomic mass is 9.89. The number of rotatable bonds is 3. The Morgan fingerprint density at radius 3 is 2.36 bits per heavy atom. The molecular weight excluding hydrogens is 242 g/mol. The summed E-state index contributed by atoms with van der Waals surface area (Å²) in [5, 5.41) is 3.07. The fourth-order valence-electron chi connectivity index (χ4n) is 2.06. The average molecular weight is 260 g/mol. The molecule has 2 saturated carbocycles. The predicted molar refractivity (Wildman–Crippen MR) is 60.4 cm³/mol. The van der Waals surface area contributed by atoms with Crippen LogP contribution in [0.3, 0.4) is 0 Å². The second kappa shape index (κ2) is 4.65. The molecule has 0 aromatic rings. The molecule has 2 aliphatic carbocycles. The first-order valence-electron chi connectivity index (χ1n) is 5.67. The van der Waals surface area contributed by atoms with Crippen LogP contribution in [0.1, 0.15) is 38.5 Å². The molecule has 80 valence electrons. The summed E-state index contributed by atoms with van der Waals surface area (Å²) < 4.78 is 0. The lowest BCUT2D eigenvalue weighted by Crippen LogP contribution is -2.32. The van der Waals surface area contributed by atoms with Crippen LogP contribution < -0.4 is 5.32 Å². The van der Waals surface area contributed by atoms with Crippen molar-refractivity contribution in [1.29, 1.82) is 0 Å². The molecule has 0 radical (unpaired) electrons. The third kappa shape index (κ3) is 2.97. The smallest absolute Gasteiger partial charge is 0.223 e. The molecule has 1 amide bonds. The van der Waals surface area contributed by atoms with Crippen molar-refractivity contribution in [3.05, 3.63) is 0 Å². The van der Waals surface area contributed by atoms with Crippen molar-refractivity contribution in [3.8, 4) is 0 Å². The molecule has 0 spiro atoms. The summed E-state index contributed by atoms with van der Waals surface area (Å²) in [7, 11) is 0. The highest BCUT2D eigenvalue weighted by Crippen LogP contribution is 2.30. The molecule has 2 fully saturated rings. The summed E-state index contributed by atoms with van der Waals surface area (Å²) in [6.07, 6.45) is 7.29. The van der Waals surface area contributed by atoms with Gasteiger partial charge in [0, 0.05) is 17.3 Å². The van der Waals surface area contributed by atoms with Crippen LogP contribution in [0, 0.1) is 11.8 Å². The maximum Gasteiger partial charge on any atom is 0.223 e. The zero-order valence-electron chi connectivity index (χ0n) is 8.47. The molecule has 14 heavy (non-hydrogen) atoms. The lowest BCUT2D eigenvalue weighted by molar-refractivity contribution is -0.122. The van der Waals surface area contributed by atoms with Gasteiger partial charge < -0.3 is 5.32 Å². The van der Waals surface area contributed by atoms with Crippen molar-refractivity contribution in [3.63, 3.8) is 0 Å². The molecule has 0 unspecified atom stereocenters. The molecule has 1 N–H and O–H groups in total. The maximum absolute atomic E-state index is 11.4. The minimum atomic E-state index is 0.297. The Bertz CT molecular complexity index is 207. The quantitative estimate of drug-likeness (QED) is 0.776. The Morgan fingerprint density at radius 2 is 1.79 bits per heavy atom. The van der Waals surface area contributed by atoms with Crippen LogP contribution in [-0.4, -0.2) is 17.3 Å². The Morgan fingerprint density at radius 1 is 1.14 bits per heavy atom. The standard InChI is InChI=1S/C11H18BrNO/c12-10-5-1-8(2-6-10)7-13-11(14)9-3-4-9/h8-10H,1-7H2,(H,13,14). The van der Waals surface area contributed by atoms with Crippen LogP contribution in [0.2, 0.25) is 0 Å². The fraction of sp³-hybridized carbons (Fsp3) is 0.909. The normalized spacial score (nSPS) is 32.6. The van der Waals surface area contributed by atoms with Gasteiger partial charge in [0.05, 0.1) is 0 Å². The predicted octanol–water partition coefficient (Wildman–Crippen LogP) is 2.47. The van der Waals surface area contributed by atoms with Gasteiger partial charge >= 0.3 is 0 Å². The molecule has 0 heterocycles. The Kier molecular flexibility index (Phi) is 3.47. The molecule has 0 saturated heterocycles. The van der Waals surface area contributed by atoms with E-state index in [0.29, 0.717) is 11.8 Å². The molecule has 2 aliphatic rings. The van der Waals surface area contributed by atoms with Crippen molar-refractivity contribution >= 4 is 21.8 Å². The second-order valence-electron chi connectivity index (χ2n) is 4.64. The van der Waals surface area contributed by atoms with Crippen molar-refractivity contribution < 1.29 is 4.79 Å². The first-order chi connectivity index (χ1) is 6.75. The number of carbonyl (C=O) groups excluding carboxylic acids is 1. The van der Waals surface area contributed by atoms with Crippen LogP contribution in [-0.2, 0) is 4.79 Å². The van der Waals surface area contributed by atoms with E-state index >= 15 is 0 Å². The summed E-state index contributed by atoms with van der Waals surface area (Å²) in [4.78, 5) is 12.1. The van der Waals surface area contributed by atoms with Gasteiger partial charge in [-0.05, 0) is 44.4 Å². The molecule has 0 aromatic heterocycles. The summed E-state index contributed by atoms with van der Waals surface area (Å²) in [6, 6.07) is 0. The van der Waals surface area contributed by atoms with Crippen molar-refractivity contribution in [2.45, 2.75) is 43.4 Å². The van der Waals surface area contributed by atoms with Crippen LogP contribution in [0.25, 0.3) is 0 Å². The van der Waals surface area contributed by atoms with Crippen LogP contribution in [0.4, 0.5) is 0 Å². The van der Waals surface area contributed by atoms with E-state index in [2.05, 4.69) is 21.2 Å². The fourth-order valence-corrected chi connectivity index (χ4v) is 2.59. The van der Waals surface area contributed by atoms with Crippen LogP contribution >= 0.6 is 15.9 Å². The molecule has 0 bridgehead atoms. The van der Waals surface area contributed by atoms with Gasteiger partial charge in [-0.15, -0.1) is 0 Å². The number of hydrogen-bond acceptors (Lipinski definition) is 1.